The lowest BCUT2D eigenvalue weighted by Gasteiger charge is -2.14. The molecule has 6 heteroatoms. The fraction of sp³-hybridized carbons (Fsp3) is 0.333. The first-order valence-electron chi connectivity index (χ1n) is 5.43. The van der Waals surface area contributed by atoms with E-state index in [0.29, 0.717) is 11.5 Å². The van der Waals surface area contributed by atoms with Gasteiger partial charge in [-0.05, 0) is 12.1 Å². The third-order valence-corrected chi connectivity index (χ3v) is 4.06. The summed E-state index contributed by atoms with van der Waals surface area (Å²) >= 11 is 0. The van der Waals surface area contributed by atoms with Gasteiger partial charge in [0.2, 0.25) is 0 Å². The number of methoxy groups -OCH3 is 2. The summed E-state index contributed by atoms with van der Waals surface area (Å²) in [5.74, 6) is 1.33. The van der Waals surface area contributed by atoms with Crippen molar-refractivity contribution in [1.82, 2.24) is 0 Å². The summed E-state index contributed by atoms with van der Waals surface area (Å²) in [6, 6.07) is 5.17. The second-order valence-electron chi connectivity index (χ2n) is 3.98. The highest BCUT2D eigenvalue weighted by molar-refractivity contribution is 7.94. The van der Waals surface area contributed by atoms with Crippen molar-refractivity contribution in [2.24, 2.45) is 0 Å². The smallest absolute Gasteiger partial charge is 0.173 e. The predicted octanol–water partition coefficient (Wildman–Crippen LogP) is 1.43. The van der Waals surface area contributed by atoms with Crippen LogP contribution in [0.15, 0.2) is 29.7 Å². The van der Waals surface area contributed by atoms with Gasteiger partial charge >= 0.3 is 0 Å². The van der Waals surface area contributed by atoms with Gasteiger partial charge in [-0.1, -0.05) is 6.08 Å². The lowest BCUT2D eigenvalue weighted by Crippen LogP contribution is -2.20. The Bertz CT molecular complexity index is 565. The zero-order valence-corrected chi connectivity index (χ0v) is 11.0. The van der Waals surface area contributed by atoms with Crippen molar-refractivity contribution in [3.8, 4) is 11.5 Å². The van der Waals surface area contributed by atoms with Crippen LogP contribution in [0.5, 0.6) is 11.5 Å². The van der Waals surface area contributed by atoms with Crippen LogP contribution in [0.3, 0.4) is 0 Å². The van der Waals surface area contributed by atoms with Gasteiger partial charge in [0, 0.05) is 17.2 Å². The van der Waals surface area contributed by atoms with E-state index < -0.39 is 9.84 Å². The zero-order valence-electron chi connectivity index (χ0n) is 10.2. The van der Waals surface area contributed by atoms with Crippen molar-refractivity contribution in [1.29, 1.82) is 0 Å². The molecule has 0 spiro atoms. The molecule has 0 saturated heterocycles. The molecule has 0 saturated carbocycles. The maximum Gasteiger partial charge on any atom is 0.173 e. The normalized spacial score (nSPS) is 20.7. The number of anilines is 1. The number of ether oxygens (including phenoxy) is 2. The molecule has 1 aromatic rings. The van der Waals surface area contributed by atoms with Crippen molar-refractivity contribution >= 4 is 15.5 Å². The van der Waals surface area contributed by atoms with Crippen molar-refractivity contribution in [2.45, 2.75) is 6.04 Å². The van der Waals surface area contributed by atoms with Crippen molar-refractivity contribution in [2.75, 3.05) is 25.3 Å². The number of sulfone groups is 1. The molecule has 0 unspecified atom stereocenters. The van der Waals surface area contributed by atoms with E-state index in [1.807, 2.05) is 6.07 Å². The number of rotatable bonds is 4. The van der Waals surface area contributed by atoms with Crippen molar-refractivity contribution < 1.29 is 17.9 Å². The van der Waals surface area contributed by atoms with Gasteiger partial charge in [0.15, 0.2) is 21.3 Å². The van der Waals surface area contributed by atoms with E-state index in [0.717, 1.165) is 5.69 Å². The highest BCUT2D eigenvalue weighted by atomic mass is 32.2. The van der Waals surface area contributed by atoms with E-state index in [4.69, 9.17) is 9.47 Å². The molecule has 18 heavy (non-hydrogen) atoms. The van der Waals surface area contributed by atoms with E-state index in [9.17, 15) is 8.42 Å². The van der Waals surface area contributed by atoms with E-state index in [1.54, 1.807) is 32.4 Å². The molecule has 1 atom stereocenters. The highest BCUT2D eigenvalue weighted by Gasteiger charge is 2.21. The monoisotopic (exact) mass is 269 g/mol. The summed E-state index contributed by atoms with van der Waals surface area (Å²) in [4.78, 5) is 0. The van der Waals surface area contributed by atoms with Crippen LogP contribution >= 0.6 is 0 Å². The Morgan fingerprint density at radius 3 is 2.50 bits per heavy atom. The fourth-order valence-corrected chi connectivity index (χ4v) is 3.04. The van der Waals surface area contributed by atoms with E-state index in [1.165, 1.54) is 5.41 Å². The molecule has 0 fully saturated rings. The first-order chi connectivity index (χ1) is 8.54. The number of hydrogen-bond donors (Lipinski definition) is 1. The van der Waals surface area contributed by atoms with Crippen LogP contribution in [0.25, 0.3) is 0 Å². The Labute approximate surface area is 106 Å². The van der Waals surface area contributed by atoms with Gasteiger partial charge in [-0.3, -0.25) is 0 Å². The van der Waals surface area contributed by atoms with Crippen LogP contribution in [0.4, 0.5) is 5.69 Å². The Hall–Kier alpha value is -1.69. The fourth-order valence-electron chi connectivity index (χ4n) is 1.81. The Kier molecular flexibility index (Phi) is 3.47. The summed E-state index contributed by atoms with van der Waals surface area (Å²) in [5, 5.41) is 4.36. The van der Waals surface area contributed by atoms with Gasteiger partial charge in [0.05, 0.1) is 26.0 Å². The molecule has 1 aliphatic heterocycles. The topological polar surface area (TPSA) is 64.6 Å². The van der Waals surface area contributed by atoms with Crippen LogP contribution in [-0.2, 0) is 9.84 Å². The molecule has 1 aliphatic rings. The first-order valence-corrected chi connectivity index (χ1v) is 7.15. The molecule has 0 bridgehead atoms. The standard InChI is InChI=1S/C12H15NO4S/c1-16-11-4-3-9(7-12(11)17-2)13-10-5-6-18(14,15)8-10/h3-7,10,13H,8H2,1-2H3/t10-/m0/s1. The summed E-state index contributed by atoms with van der Waals surface area (Å²) in [6.45, 7) is 0. The molecule has 0 radical (unpaired) electrons. The maximum absolute atomic E-state index is 11.3. The lowest BCUT2D eigenvalue weighted by molar-refractivity contribution is 0.355. The summed E-state index contributed by atoms with van der Waals surface area (Å²) < 4.78 is 32.9. The molecule has 0 amide bonds. The van der Waals surface area contributed by atoms with Gasteiger partial charge < -0.3 is 14.8 Å². The number of nitrogens with one attached hydrogen (secondary N) is 1. The van der Waals surface area contributed by atoms with Gasteiger partial charge in [-0.2, -0.15) is 0 Å². The number of benzene rings is 1. The van der Waals surface area contributed by atoms with Crippen LogP contribution in [0, 0.1) is 0 Å². The van der Waals surface area contributed by atoms with Crippen LogP contribution < -0.4 is 14.8 Å². The van der Waals surface area contributed by atoms with Gasteiger partial charge in [0.1, 0.15) is 0 Å². The second kappa shape index (κ2) is 4.89. The molecule has 0 aliphatic carbocycles. The average Bonchev–Trinajstić information content (AvgIpc) is 2.68. The van der Waals surface area contributed by atoms with Gasteiger partial charge in [-0.25, -0.2) is 8.42 Å². The van der Waals surface area contributed by atoms with Gasteiger partial charge in [0.25, 0.3) is 0 Å². The Morgan fingerprint density at radius 1 is 1.22 bits per heavy atom. The average molecular weight is 269 g/mol. The summed E-state index contributed by atoms with van der Waals surface area (Å²) in [5.41, 5.74) is 0.791. The summed E-state index contributed by atoms with van der Waals surface area (Å²) in [6.07, 6.45) is 1.64. The van der Waals surface area contributed by atoms with Crippen molar-refractivity contribution in [3.05, 3.63) is 29.7 Å². The van der Waals surface area contributed by atoms with Crippen LogP contribution in [-0.4, -0.2) is 34.4 Å². The maximum atomic E-state index is 11.3. The zero-order chi connectivity index (χ0) is 13.2. The molecule has 1 N–H and O–H groups in total. The van der Waals surface area contributed by atoms with E-state index in [2.05, 4.69) is 5.32 Å². The molecular weight excluding hydrogens is 254 g/mol. The molecule has 0 aromatic heterocycles. The highest BCUT2D eigenvalue weighted by Crippen LogP contribution is 2.30. The third kappa shape index (κ3) is 2.76. The quantitative estimate of drug-likeness (QED) is 0.895. The second-order valence-corrected chi connectivity index (χ2v) is 5.91. The van der Waals surface area contributed by atoms with E-state index in [-0.39, 0.29) is 11.8 Å². The first kappa shape index (κ1) is 12.8. The van der Waals surface area contributed by atoms with E-state index >= 15 is 0 Å². The van der Waals surface area contributed by atoms with Gasteiger partial charge in [-0.15, -0.1) is 0 Å². The largest absolute Gasteiger partial charge is 0.493 e. The molecule has 2 rings (SSSR count). The van der Waals surface area contributed by atoms with Crippen molar-refractivity contribution in [3.63, 3.8) is 0 Å². The molecule has 1 heterocycles. The SMILES string of the molecule is COc1ccc(N[C@H]2C=CS(=O)(=O)C2)cc1OC. The minimum atomic E-state index is -3.04. The van der Waals surface area contributed by atoms with Crippen LogP contribution in [0.1, 0.15) is 0 Å². The molecular formula is C12H15NO4S. The van der Waals surface area contributed by atoms with Crippen LogP contribution in [0.2, 0.25) is 0 Å². The third-order valence-electron chi connectivity index (χ3n) is 2.67. The summed E-state index contributed by atoms with van der Waals surface area (Å²) in [7, 11) is 0.0807. The predicted molar refractivity (Wildman–Crippen MR) is 69.9 cm³/mol. The Morgan fingerprint density at radius 2 is 1.94 bits per heavy atom. The minimum absolute atomic E-state index is 0.0847. The Balaban J connectivity index is 2.14. The number of hydrogen-bond acceptors (Lipinski definition) is 5. The molecule has 98 valence electrons. The minimum Gasteiger partial charge on any atom is -0.493 e. The lowest BCUT2D eigenvalue weighted by atomic mass is 10.2. The molecule has 1 aromatic carbocycles. The molecule has 5 nitrogen and oxygen atoms in total.